The highest BCUT2D eigenvalue weighted by atomic mass is 35.5. The minimum Gasteiger partial charge on any atom is -0.478 e. The van der Waals surface area contributed by atoms with E-state index in [4.69, 9.17) is 27.9 Å². The number of piperidine rings is 1. The first-order valence-corrected chi connectivity index (χ1v) is 14.2. The Labute approximate surface area is 252 Å². The fraction of sp³-hybridized carbons (Fsp3) is 0.387. The Morgan fingerprint density at radius 3 is 2.52 bits per heavy atom. The number of likely N-dealkylation sites (N-methyl/N-ethyl adjacent to an activating group) is 1. The standard InChI is InChI=1S/C31H31Cl2F2N3O4/c1-29(2,28(41)38(4)5)42-24-9-6-16(32)12-18(24)21-14-25(39)37-26(19-13-17(34)7-8-22(19)35)31(21)20-10-11-30(3,33)15-23(20)36-27(31)40/h6-10,12-13,15,21,26H,11,14H2,1-5H3,(H,36,40)(H,37,39)/t21?,26-,30?,31+/m0/s1. The van der Waals surface area contributed by atoms with Crippen LogP contribution >= 0.6 is 23.2 Å². The van der Waals surface area contributed by atoms with Gasteiger partial charge in [0.1, 0.15) is 22.8 Å². The number of alkyl halides is 1. The van der Waals surface area contributed by atoms with Gasteiger partial charge in [-0.15, -0.1) is 11.6 Å². The van der Waals surface area contributed by atoms with Crippen LogP contribution in [0.3, 0.4) is 0 Å². The summed E-state index contributed by atoms with van der Waals surface area (Å²) >= 11 is 13.1. The smallest absolute Gasteiger partial charge is 0.265 e. The Morgan fingerprint density at radius 1 is 1.12 bits per heavy atom. The Morgan fingerprint density at radius 2 is 1.83 bits per heavy atom. The van der Waals surface area contributed by atoms with E-state index in [1.165, 1.54) is 4.90 Å². The fourth-order valence-corrected chi connectivity index (χ4v) is 6.73. The number of nitrogens with one attached hydrogen (secondary N) is 2. The van der Waals surface area contributed by atoms with Gasteiger partial charge in [0.25, 0.3) is 5.91 Å². The number of carbonyl (C=O) groups is 3. The van der Waals surface area contributed by atoms with Gasteiger partial charge in [0, 0.05) is 48.3 Å². The maximum absolute atomic E-state index is 15.5. The quantitative estimate of drug-likeness (QED) is 0.432. The van der Waals surface area contributed by atoms with Crippen LogP contribution in [0.5, 0.6) is 5.75 Å². The number of nitrogens with zero attached hydrogens (tertiary/aromatic N) is 1. The van der Waals surface area contributed by atoms with E-state index in [0.29, 0.717) is 28.3 Å². The van der Waals surface area contributed by atoms with Crippen molar-refractivity contribution in [2.75, 3.05) is 14.1 Å². The van der Waals surface area contributed by atoms with Gasteiger partial charge in [0.15, 0.2) is 5.60 Å². The Hall–Kier alpha value is -3.43. The highest BCUT2D eigenvalue weighted by molar-refractivity contribution is 6.30. The molecule has 2 saturated heterocycles. The molecule has 2 N–H and O–H groups in total. The summed E-state index contributed by atoms with van der Waals surface area (Å²) in [4.78, 5) is 41.3. The van der Waals surface area contributed by atoms with Gasteiger partial charge in [-0.3, -0.25) is 14.4 Å². The summed E-state index contributed by atoms with van der Waals surface area (Å²) in [6.45, 7) is 5.01. The molecule has 2 fully saturated rings. The molecular weight excluding hydrogens is 587 g/mol. The number of amides is 3. The van der Waals surface area contributed by atoms with Gasteiger partial charge in [-0.2, -0.15) is 0 Å². The second-order valence-electron chi connectivity index (χ2n) is 11.9. The van der Waals surface area contributed by atoms with Crippen LogP contribution in [0.4, 0.5) is 8.78 Å². The van der Waals surface area contributed by atoms with E-state index >= 15 is 4.39 Å². The Kier molecular flexibility index (Phi) is 7.43. The molecule has 1 spiro atoms. The highest BCUT2D eigenvalue weighted by Crippen LogP contribution is 2.61. The topological polar surface area (TPSA) is 87.7 Å². The average Bonchev–Trinajstić information content (AvgIpc) is 3.17. The molecular formula is C31H31Cl2F2N3O4. The van der Waals surface area contributed by atoms with E-state index in [9.17, 15) is 18.8 Å². The van der Waals surface area contributed by atoms with Crippen molar-refractivity contribution in [2.24, 2.45) is 5.41 Å². The predicted molar refractivity (Wildman–Crippen MR) is 155 cm³/mol. The minimum atomic E-state index is -1.65. The van der Waals surface area contributed by atoms with Crippen LogP contribution in [0, 0.1) is 17.0 Å². The van der Waals surface area contributed by atoms with Crippen LogP contribution in [0.15, 0.2) is 59.8 Å². The van der Waals surface area contributed by atoms with Crippen LogP contribution < -0.4 is 15.4 Å². The van der Waals surface area contributed by atoms with Crippen molar-refractivity contribution in [1.29, 1.82) is 0 Å². The molecule has 2 aromatic carbocycles. The number of halogens is 4. The number of hydrogen-bond donors (Lipinski definition) is 2. The normalized spacial score (nSPS) is 27.1. The zero-order chi connectivity index (χ0) is 30.8. The zero-order valence-corrected chi connectivity index (χ0v) is 25.3. The summed E-state index contributed by atoms with van der Waals surface area (Å²) in [5, 5.41) is 5.99. The second kappa shape index (κ2) is 10.4. The second-order valence-corrected chi connectivity index (χ2v) is 13.2. The molecule has 0 bridgehead atoms. The van der Waals surface area contributed by atoms with Crippen molar-refractivity contribution in [3.63, 3.8) is 0 Å². The molecule has 2 aliphatic heterocycles. The number of benzene rings is 2. The fourth-order valence-electron chi connectivity index (χ4n) is 6.36. The summed E-state index contributed by atoms with van der Waals surface area (Å²) < 4.78 is 36.3. The Bertz CT molecular complexity index is 1570. The van der Waals surface area contributed by atoms with Crippen LogP contribution in [0.2, 0.25) is 5.02 Å². The summed E-state index contributed by atoms with van der Waals surface area (Å²) in [5.41, 5.74) is -1.87. The van der Waals surface area contributed by atoms with E-state index in [2.05, 4.69) is 10.6 Å². The number of fused-ring (bicyclic) bond motifs is 2. The van der Waals surface area contributed by atoms with Crippen molar-refractivity contribution in [3.05, 3.63) is 87.6 Å². The first kappa shape index (κ1) is 30.0. The number of ether oxygens (including phenoxy) is 1. The van der Waals surface area contributed by atoms with Gasteiger partial charge in [-0.1, -0.05) is 17.7 Å². The van der Waals surface area contributed by atoms with E-state index in [0.717, 1.165) is 18.2 Å². The monoisotopic (exact) mass is 617 g/mol. The molecule has 2 aromatic rings. The van der Waals surface area contributed by atoms with Gasteiger partial charge in [-0.25, -0.2) is 8.78 Å². The molecule has 1 aliphatic carbocycles. The third kappa shape index (κ3) is 4.96. The molecule has 0 aromatic heterocycles. The predicted octanol–water partition coefficient (Wildman–Crippen LogP) is 5.54. The summed E-state index contributed by atoms with van der Waals surface area (Å²) in [6, 6.07) is 6.36. The maximum atomic E-state index is 15.5. The van der Waals surface area contributed by atoms with Crippen molar-refractivity contribution in [1.82, 2.24) is 15.5 Å². The van der Waals surface area contributed by atoms with E-state index in [1.54, 1.807) is 65.2 Å². The van der Waals surface area contributed by atoms with Crippen molar-refractivity contribution in [3.8, 4) is 5.75 Å². The molecule has 2 unspecified atom stereocenters. The minimum absolute atomic E-state index is 0.183. The number of hydrogen-bond acceptors (Lipinski definition) is 4. The van der Waals surface area contributed by atoms with Crippen LogP contribution in [-0.4, -0.2) is 47.2 Å². The van der Waals surface area contributed by atoms with Gasteiger partial charge < -0.3 is 20.3 Å². The van der Waals surface area contributed by atoms with Crippen molar-refractivity contribution in [2.45, 2.75) is 56.0 Å². The molecule has 0 radical (unpaired) electrons. The average molecular weight is 619 g/mol. The van der Waals surface area contributed by atoms with Gasteiger partial charge >= 0.3 is 0 Å². The van der Waals surface area contributed by atoms with Gasteiger partial charge in [0.2, 0.25) is 11.8 Å². The van der Waals surface area contributed by atoms with E-state index < -0.39 is 51.3 Å². The molecule has 5 rings (SSSR count). The summed E-state index contributed by atoms with van der Waals surface area (Å²) in [5.74, 6) is -3.59. The SMILES string of the molecule is CN(C)C(=O)C(C)(C)Oc1ccc(Cl)cc1C1CC(=O)N[C@@H](c2cc(F)ccc2F)[C@]12C(=O)NC1=CC(C)(Cl)CC=C12. The highest BCUT2D eigenvalue weighted by Gasteiger charge is 2.64. The molecule has 2 heterocycles. The summed E-state index contributed by atoms with van der Waals surface area (Å²) in [7, 11) is 3.21. The molecule has 11 heteroatoms. The van der Waals surface area contributed by atoms with Crippen LogP contribution in [-0.2, 0) is 14.4 Å². The van der Waals surface area contributed by atoms with Gasteiger partial charge in [-0.05, 0) is 75.2 Å². The molecule has 3 aliphatic rings. The zero-order valence-electron chi connectivity index (χ0n) is 23.8. The number of carbonyl (C=O) groups excluding carboxylic acids is 3. The lowest BCUT2D eigenvalue weighted by molar-refractivity contribution is -0.143. The van der Waals surface area contributed by atoms with E-state index in [-0.39, 0.29) is 23.6 Å². The van der Waals surface area contributed by atoms with Crippen molar-refractivity contribution < 1.29 is 27.9 Å². The van der Waals surface area contributed by atoms with Crippen LogP contribution in [0.1, 0.15) is 56.7 Å². The first-order chi connectivity index (χ1) is 19.6. The maximum Gasteiger partial charge on any atom is 0.265 e. The summed E-state index contributed by atoms with van der Waals surface area (Å²) in [6.07, 6.45) is 3.66. The lowest BCUT2D eigenvalue weighted by Crippen LogP contribution is -2.55. The molecule has 3 amide bonds. The third-order valence-corrected chi connectivity index (χ3v) is 8.61. The van der Waals surface area contributed by atoms with Crippen molar-refractivity contribution >= 4 is 40.9 Å². The molecule has 4 atom stereocenters. The van der Waals surface area contributed by atoms with Crippen LogP contribution in [0.25, 0.3) is 0 Å². The Balaban J connectivity index is 1.78. The molecule has 222 valence electrons. The number of rotatable bonds is 5. The molecule has 42 heavy (non-hydrogen) atoms. The first-order valence-electron chi connectivity index (χ1n) is 13.5. The lowest BCUT2D eigenvalue weighted by Gasteiger charge is -2.47. The van der Waals surface area contributed by atoms with E-state index in [1.807, 2.05) is 0 Å². The number of allylic oxidation sites excluding steroid dienone is 3. The third-order valence-electron chi connectivity index (χ3n) is 8.11. The largest absolute Gasteiger partial charge is 0.478 e. The molecule has 7 nitrogen and oxygen atoms in total. The lowest BCUT2D eigenvalue weighted by atomic mass is 9.58. The van der Waals surface area contributed by atoms with Gasteiger partial charge in [0.05, 0.1) is 10.9 Å². The molecule has 0 saturated carbocycles.